The van der Waals surface area contributed by atoms with Crippen LogP contribution in [0.2, 0.25) is 0 Å². The Balaban J connectivity index is 1.84. The van der Waals surface area contributed by atoms with Crippen LogP contribution in [0.4, 0.5) is 0 Å². The Morgan fingerprint density at radius 1 is 1.05 bits per heavy atom. The Kier molecular flexibility index (Phi) is 3.20. The second-order valence-electron chi connectivity index (χ2n) is 5.52. The molecule has 1 unspecified atom stereocenters. The number of nitrogens with one attached hydrogen (secondary N) is 1. The first-order valence-corrected chi connectivity index (χ1v) is 7.49. The number of fused-ring (bicyclic) bond motifs is 3. The van der Waals surface area contributed by atoms with Crippen LogP contribution in [0.3, 0.4) is 0 Å². The van der Waals surface area contributed by atoms with Crippen LogP contribution in [0.5, 0.6) is 5.75 Å². The molecule has 22 heavy (non-hydrogen) atoms. The van der Waals surface area contributed by atoms with E-state index in [1.807, 2.05) is 12.1 Å². The molecule has 1 aliphatic rings. The lowest BCUT2D eigenvalue weighted by atomic mass is 10.0. The molecule has 0 amide bonds. The molecule has 2 aromatic carbocycles. The normalized spacial score (nSPS) is 16.5. The summed E-state index contributed by atoms with van der Waals surface area (Å²) in [6.07, 6.45) is 2.13. The second kappa shape index (κ2) is 5.35. The van der Waals surface area contributed by atoms with Crippen LogP contribution in [0.15, 0.2) is 66.9 Å². The minimum Gasteiger partial charge on any atom is -0.497 e. The molecule has 2 heterocycles. The van der Waals surface area contributed by atoms with Crippen molar-refractivity contribution in [1.29, 1.82) is 0 Å². The molecule has 1 atom stereocenters. The van der Waals surface area contributed by atoms with Crippen LogP contribution < -0.4 is 10.1 Å². The van der Waals surface area contributed by atoms with Crippen molar-refractivity contribution in [2.75, 3.05) is 7.11 Å². The first-order valence-electron chi connectivity index (χ1n) is 7.49. The molecular weight excluding hydrogens is 272 g/mol. The molecular formula is C19H18N2O. The average molecular weight is 290 g/mol. The quantitative estimate of drug-likeness (QED) is 0.779. The van der Waals surface area contributed by atoms with E-state index >= 15 is 0 Å². The van der Waals surface area contributed by atoms with Gasteiger partial charge in [0.25, 0.3) is 0 Å². The van der Waals surface area contributed by atoms with Crippen molar-refractivity contribution in [2.24, 2.45) is 0 Å². The zero-order valence-corrected chi connectivity index (χ0v) is 12.5. The molecule has 0 aliphatic carbocycles. The molecule has 1 aliphatic heterocycles. The average Bonchev–Trinajstić information content (AvgIpc) is 2.99. The summed E-state index contributed by atoms with van der Waals surface area (Å²) in [4.78, 5) is 0. The van der Waals surface area contributed by atoms with Crippen LogP contribution in [0.25, 0.3) is 5.69 Å². The Bertz CT molecular complexity index is 806. The molecule has 1 aromatic heterocycles. The van der Waals surface area contributed by atoms with Gasteiger partial charge in [0.15, 0.2) is 0 Å². The van der Waals surface area contributed by atoms with E-state index in [-0.39, 0.29) is 6.04 Å². The van der Waals surface area contributed by atoms with Gasteiger partial charge in [0.1, 0.15) is 5.75 Å². The van der Waals surface area contributed by atoms with Crippen molar-refractivity contribution in [3.63, 3.8) is 0 Å². The third-order valence-electron chi connectivity index (χ3n) is 4.25. The van der Waals surface area contributed by atoms with E-state index in [9.17, 15) is 0 Å². The molecule has 110 valence electrons. The first kappa shape index (κ1) is 13.2. The minimum absolute atomic E-state index is 0.150. The second-order valence-corrected chi connectivity index (χ2v) is 5.52. The predicted octanol–water partition coefficient (Wildman–Crippen LogP) is 3.68. The Labute approximate surface area is 130 Å². The molecule has 4 rings (SSSR count). The summed E-state index contributed by atoms with van der Waals surface area (Å²) < 4.78 is 7.65. The van der Waals surface area contributed by atoms with Gasteiger partial charge >= 0.3 is 0 Å². The highest BCUT2D eigenvalue weighted by atomic mass is 16.5. The fourth-order valence-electron chi connectivity index (χ4n) is 3.17. The van der Waals surface area contributed by atoms with Gasteiger partial charge in [-0.05, 0) is 41.5 Å². The van der Waals surface area contributed by atoms with Gasteiger partial charge in [-0.1, -0.05) is 30.3 Å². The SMILES string of the molecule is COc1cccc(C2NCc3ccccc3-n3cccc32)c1. The monoisotopic (exact) mass is 290 g/mol. The maximum Gasteiger partial charge on any atom is 0.119 e. The van der Waals surface area contributed by atoms with E-state index in [4.69, 9.17) is 4.74 Å². The van der Waals surface area contributed by atoms with Gasteiger partial charge in [0.05, 0.1) is 13.2 Å². The van der Waals surface area contributed by atoms with Crippen molar-refractivity contribution in [3.8, 4) is 11.4 Å². The Hall–Kier alpha value is -2.52. The Morgan fingerprint density at radius 3 is 2.86 bits per heavy atom. The van der Waals surface area contributed by atoms with E-state index in [2.05, 4.69) is 64.6 Å². The van der Waals surface area contributed by atoms with Gasteiger partial charge < -0.3 is 14.6 Å². The lowest BCUT2D eigenvalue weighted by molar-refractivity contribution is 0.413. The highest BCUT2D eigenvalue weighted by Gasteiger charge is 2.22. The van der Waals surface area contributed by atoms with Gasteiger partial charge in [-0.15, -0.1) is 0 Å². The smallest absolute Gasteiger partial charge is 0.119 e. The minimum atomic E-state index is 0.150. The number of methoxy groups -OCH3 is 1. The molecule has 0 saturated carbocycles. The molecule has 1 N–H and O–H groups in total. The number of nitrogens with zero attached hydrogens (tertiary/aromatic N) is 1. The summed E-state index contributed by atoms with van der Waals surface area (Å²) in [6.45, 7) is 0.847. The summed E-state index contributed by atoms with van der Waals surface area (Å²) >= 11 is 0. The topological polar surface area (TPSA) is 26.2 Å². The number of hydrogen-bond acceptors (Lipinski definition) is 2. The molecule has 0 spiro atoms. The van der Waals surface area contributed by atoms with E-state index in [0.29, 0.717) is 0 Å². The highest BCUT2D eigenvalue weighted by Crippen LogP contribution is 2.31. The van der Waals surface area contributed by atoms with Crippen LogP contribution in [0.1, 0.15) is 22.9 Å². The summed E-state index contributed by atoms with van der Waals surface area (Å²) in [7, 11) is 1.71. The maximum atomic E-state index is 5.37. The lowest BCUT2D eigenvalue weighted by Crippen LogP contribution is -2.21. The number of ether oxygens (including phenoxy) is 1. The van der Waals surface area contributed by atoms with Crippen LogP contribution in [0, 0.1) is 0 Å². The standard InChI is InChI=1S/C19H18N2O/c1-22-16-8-4-7-14(12-16)19-18-10-5-11-21(18)17-9-3-2-6-15(17)13-20-19/h2-12,19-20H,13H2,1H3. The molecule has 0 saturated heterocycles. The zero-order valence-electron chi connectivity index (χ0n) is 12.5. The lowest BCUT2D eigenvalue weighted by Gasteiger charge is -2.18. The van der Waals surface area contributed by atoms with Crippen LogP contribution >= 0.6 is 0 Å². The van der Waals surface area contributed by atoms with Gasteiger partial charge in [0.2, 0.25) is 0 Å². The van der Waals surface area contributed by atoms with E-state index in [1.54, 1.807) is 7.11 Å². The van der Waals surface area contributed by atoms with Gasteiger partial charge in [0, 0.05) is 24.1 Å². The number of rotatable bonds is 2. The summed E-state index contributed by atoms with van der Waals surface area (Å²) in [5.41, 5.74) is 5.02. The van der Waals surface area contributed by atoms with Gasteiger partial charge in [-0.3, -0.25) is 0 Å². The number of aromatic nitrogens is 1. The largest absolute Gasteiger partial charge is 0.497 e. The van der Waals surface area contributed by atoms with Crippen LogP contribution in [-0.2, 0) is 6.54 Å². The van der Waals surface area contributed by atoms with Crippen molar-refractivity contribution in [1.82, 2.24) is 9.88 Å². The number of hydrogen-bond donors (Lipinski definition) is 1. The third-order valence-corrected chi connectivity index (χ3v) is 4.25. The van der Waals surface area contributed by atoms with Crippen molar-refractivity contribution < 1.29 is 4.74 Å². The third kappa shape index (κ3) is 2.11. The van der Waals surface area contributed by atoms with Crippen molar-refractivity contribution >= 4 is 0 Å². The maximum absolute atomic E-state index is 5.37. The summed E-state index contributed by atoms with van der Waals surface area (Å²) in [6, 6.07) is 21.2. The van der Waals surface area contributed by atoms with Gasteiger partial charge in [-0.2, -0.15) is 0 Å². The molecule has 3 heteroatoms. The Morgan fingerprint density at radius 2 is 1.95 bits per heavy atom. The fourth-order valence-corrected chi connectivity index (χ4v) is 3.17. The molecule has 0 radical (unpaired) electrons. The van der Waals surface area contributed by atoms with Crippen molar-refractivity contribution in [2.45, 2.75) is 12.6 Å². The van der Waals surface area contributed by atoms with Crippen LogP contribution in [-0.4, -0.2) is 11.7 Å². The molecule has 0 fully saturated rings. The van der Waals surface area contributed by atoms with Crippen molar-refractivity contribution in [3.05, 3.63) is 83.7 Å². The predicted molar refractivity (Wildman–Crippen MR) is 87.4 cm³/mol. The first-order chi connectivity index (χ1) is 10.9. The zero-order chi connectivity index (χ0) is 14.9. The summed E-state index contributed by atoms with van der Waals surface area (Å²) in [5, 5.41) is 3.67. The van der Waals surface area contributed by atoms with E-state index < -0.39 is 0 Å². The van der Waals surface area contributed by atoms with E-state index in [0.717, 1.165) is 12.3 Å². The number of benzene rings is 2. The molecule has 3 nitrogen and oxygen atoms in total. The number of para-hydroxylation sites is 1. The summed E-state index contributed by atoms with van der Waals surface area (Å²) in [5.74, 6) is 0.888. The van der Waals surface area contributed by atoms with E-state index in [1.165, 1.54) is 22.5 Å². The molecule has 3 aromatic rings. The van der Waals surface area contributed by atoms with Gasteiger partial charge in [-0.25, -0.2) is 0 Å². The highest BCUT2D eigenvalue weighted by molar-refractivity contribution is 5.47. The fraction of sp³-hybridized carbons (Fsp3) is 0.158. The molecule has 0 bridgehead atoms.